The number of hydrogen-bond acceptors (Lipinski definition) is 2. The van der Waals surface area contributed by atoms with E-state index in [4.69, 9.17) is 5.11 Å². The predicted octanol–water partition coefficient (Wildman–Crippen LogP) is 1.32. The Hall–Kier alpha value is -1.35. The Morgan fingerprint density at radius 2 is 2.00 bits per heavy atom. The molecule has 1 rings (SSSR count). The van der Waals surface area contributed by atoms with Crippen molar-refractivity contribution in [3.63, 3.8) is 0 Å². The molecule has 3 heteroatoms. The number of amides is 1. The average Bonchev–Trinajstić information content (AvgIpc) is 2.29. The molecule has 0 saturated heterocycles. The summed E-state index contributed by atoms with van der Waals surface area (Å²) in [6.45, 7) is 2.33. The van der Waals surface area contributed by atoms with Crippen molar-refractivity contribution in [2.45, 2.75) is 13.3 Å². The lowest BCUT2D eigenvalue weighted by Gasteiger charge is -2.20. The zero-order valence-electron chi connectivity index (χ0n) is 9.89. The lowest BCUT2D eigenvalue weighted by Crippen LogP contribution is -2.34. The van der Waals surface area contributed by atoms with E-state index in [-0.39, 0.29) is 18.4 Å². The van der Waals surface area contributed by atoms with E-state index >= 15 is 0 Å². The number of likely N-dealkylation sites (N-methyl/N-ethyl adjacent to an activating group) is 1. The summed E-state index contributed by atoms with van der Waals surface area (Å²) in [5.41, 5.74) is 1.17. The standard InChI is InChI=1S/C13H19NO2/c1-11(13(16)14(2)8-9-15)10-12-6-4-3-5-7-12/h3-7,11,15H,8-10H2,1-2H3. The normalized spacial score (nSPS) is 12.2. The highest BCUT2D eigenvalue weighted by Gasteiger charge is 2.17. The number of carbonyl (C=O) groups is 1. The van der Waals surface area contributed by atoms with E-state index < -0.39 is 0 Å². The fraction of sp³-hybridized carbons (Fsp3) is 0.462. The minimum Gasteiger partial charge on any atom is -0.395 e. The molecular formula is C13H19NO2. The number of nitrogens with zero attached hydrogens (tertiary/aromatic N) is 1. The van der Waals surface area contributed by atoms with Crippen LogP contribution in [0.5, 0.6) is 0 Å². The molecule has 16 heavy (non-hydrogen) atoms. The lowest BCUT2D eigenvalue weighted by molar-refractivity contribution is -0.134. The molecule has 88 valence electrons. The van der Waals surface area contributed by atoms with Crippen LogP contribution in [0.2, 0.25) is 0 Å². The summed E-state index contributed by atoms with van der Waals surface area (Å²) in [5, 5.41) is 8.76. The van der Waals surface area contributed by atoms with Crippen LogP contribution >= 0.6 is 0 Å². The van der Waals surface area contributed by atoms with Crippen molar-refractivity contribution in [2.75, 3.05) is 20.2 Å². The number of aliphatic hydroxyl groups excluding tert-OH is 1. The second-order valence-corrected chi connectivity index (χ2v) is 4.07. The molecule has 0 heterocycles. The molecule has 1 unspecified atom stereocenters. The largest absolute Gasteiger partial charge is 0.395 e. The van der Waals surface area contributed by atoms with Crippen LogP contribution < -0.4 is 0 Å². The van der Waals surface area contributed by atoms with Crippen LogP contribution in [0.15, 0.2) is 30.3 Å². The maximum absolute atomic E-state index is 11.9. The fourth-order valence-corrected chi connectivity index (χ4v) is 1.69. The van der Waals surface area contributed by atoms with Gasteiger partial charge in [0.05, 0.1) is 6.61 Å². The summed E-state index contributed by atoms with van der Waals surface area (Å²) in [7, 11) is 1.72. The SMILES string of the molecule is CC(Cc1ccccc1)C(=O)N(C)CCO. The topological polar surface area (TPSA) is 40.5 Å². The van der Waals surface area contributed by atoms with E-state index in [2.05, 4.69) is 0 Å². The van der Waals surface area contributed by atoms with E-state index in [1.54, 1.807) is 11.9 Å². The molecule has 3 nitrogen and oxygen atoms in total. The molecule has 0 radical (unpaired) electrons. The highest BCUT2D eigenvalue weighted by Crippen LogP contribution is 2.10. The molecule has 0 aliphatic rings. The van der Waals surface area contributed by atoms with Gasteiger partial charge < -0.3 is 10.0 Å². The Bertz CT molecular complexity index is 324. The Kier molecular flexibility index (Phi) is 4.99. The molecule has 1 aromatic rings. The first-order chi connectivity index (χ1) is 7.65. The highest BCUT2D eigenvalue weighted by atomic mass is 16.3. The first-order valence-corrected chi connectivity index (χ1v) is 5.55. The van der Waals surface area contributed by atoms with Crippen molar-refractivity contribution in [1.29, 1.82) is 0 Å². The minimum absolute atomic E-state index is 0.0142. The zero-order valence-corrected chi connectivity index (χ0v) is 9.89. The Balaban J connectivity index is 2.52. The van der Waals surface area contributed by atoms with Crippen LogP contribution in [0.4, 0.5) is 0 Å². The molecule has 0 fully saturated rings. The molecule has 0 aliphatic carbocycles. The number of aliphatic hydroxyl groups is 1. The van der Waals surface area contributed by atoms with Gasteiger partial charge >= 0.3 is 0 Å². The number of carbonyl (C=O) groups excluding carboxylic acids is 1. The summed E-state index contributed by atoms with van der Waals surface area (Å²) in [6.07, 6.45) is 0.745. The van der Waals surface area contributed by atoms with Gasteiger partial charge in [-0.1, -0.05) is 37.3 Å². The third kappa shape index (κ3) is 3.66. The lowest BCUT2D eigenvalue weighted by atomic mass is 10.00. The third-order valence-electron chi connectivity index (χ3n) is 2.62. The van der Waals surface area contributed by atoms with Gasteiger partial charge in [0.2, 0.25) is 5.91 Å². The quantitative estimate of drug-likeness (QED) is 0.814. The number of benzene rings is 1. The van der Waals surface area contributed by atoms with Crippen LogP contribution in [-0.4, -0.2) is 36.1 Å². The molecular weight excluding hydrogens is 202 g/mol. The third-order valence-corrected chi connectivity index (χ3v) is 2.62. The fourth-order valence-electron chi connectivity index (χ4n) is 1.69. The van der Waals surface area contributed by atoms with Gasteiger partial charge in [-0.25, -0.2) is 0 Å². The maximum atomic E-state index is 11.9. The van der Waals surface area contributed by atoms with Crippen molar-refractivity contribution in [3.8, 4) is 0 Å². The first-order valence-electron chi connectivity index (χ1n) is 5.55. The predicted molar refractivity (Wildman–Crippen MR) is 64.0 cm³/mol. The summed E-state index contributed by atoms with van der Waals surface area (Å²) in [4.78, 5) is 13.4. The second-order valence-electron chi connectivity index (χ2n) is 4.07. The smallest absolute Gasteiger partial charge is 0.225 e. The molecule has 0 spiro atoms. The molecule has 0 aliphatic heterocycles. The van der Waals surface area contributed by atoms with Crippen LogP contribution in [-0.2, 0) is 11.2 Å². The van der Waals surface area contributed by atoms with E-state index in [0.717, 1.165) is 6.42 Å². The van der Waals surface area contributed by atoms with Crippen molar-refractivity contribution in [2.24, 2.45) is 5.92 Å². The summed E-state index contributed by atoms with van der Waals surface area (Å²) in [5.74, 6) is 0.0388. The molecule has 1 amide bonds. The monoisotopic (exact) mass is 221 g/mol. The van der Waals surface area contributed by atoms with Gasteiger partial charge in [-0.15, -0.1) is 0 Å². The Morgan fingerprint density at radius 3 is 2.56 bits per heavy atom. The molecule has 0 aromatic heterocycles. The van der Waals surface area contributed by atoms with Crippen molar-refractivity contribution >= 4 is 5.91 Å². The summed E-state index contributed by atoms with van der Waals surface area (Å²) in [6, 6.07) is 9.97. The summed E-state index contributed by atoms with van der Waals surface area (Å²) < 4.78 is 0. The van der Waals surface area contributed by atoms with Gasteiger partial charge in [-0.3, -0.25) is 4.79 Å². The molecule has 1 aromatic carbocycles. The van der Waals surface area contributed by atoms with Crippen LogP contribution in [0.3, 0.4) is 0 Å². The number of rotatable bonds is 5. The van der Waals surface area contributed by atoms with Gasteiger partial charge in [0.15, 0.2) is 0 Å². The van der Waals surface area contributed by atoms with E-state index in [1.807, 2.05) is 37.3 Å². The van der Waals surface area contributed by atoms with Crippen molar-refractivity contribution < 1.29 is 9.90 Å². The van der Waals surface area contributed by atoms with Crippen molar-refractivity contribution in [3.05, 3.63) is 35.9 Å². The van der Waals surface area contributed by atoms with Gasteiger partial charge in [0.1, 0.15) is 0 Å². The van der Waals surface area contributed by atoms with Gasteiger partial charge in [0, 0.05) is 19.5 Å². The van der Waals surface area contributed by atoms with Gasteiger partial charge in [-0.2, -0.15) is 0 Å². The van der Waals surface area contributed by atoms with E-state index in [1.165, 1.54) is 5.56 Å². The number of hydrogen-bond donors (Lipinski definition) is 1. The van der Waals surface area contributed by atoms with Crippen LogP contribution in [0.1, 0.15) is 12.5 Å². The minimum atomic E-state index is -0.0426. The summed E-state index contributed by atoms with van der Waals surface area (Å²) >= 11 is 0. The first kappa shape index (κ1) is 12.7. The van der Waals surface area contributed by atoms with Crippen LogP contribution in [0, 0.1) is 5.92 Å². The highest BCUT2D eigenvalue weighted by molar-refractivity contribution is 5.78. The second kappa shape index (κ2) is 6.28. The van der Waals surface area contributed by atoms with Crippen molar-refractivity contribution in [1.82, 2.24) is 4.90 Å². The molecule has 0 saturated carbocycles. The molecule has 1 N–H and O–H groups in total. The van der Waals surface area contributed by atoms with Gasteiger partial charge in [-0.05, 0) is 12.0 Å². The van der Waals surface area contributed by atoms with Crippen LogP contribution in [0.25, 0.3) is 0 Å². The Labute approximate surface area is 96.7 Å². The maximum Gasteiger partial charge on any atom is 0.225 e. The molecule has 0 bridgehead atoms. The van der Waals surface area contributed by atoms with E-state index in [9.17, 15) is 4.79 Å². The Morgan fingerprint density at radius 1 is 1.38 bits per heavy atom. The molecule has 1 atom stereocenters. The van der Waals surface area contributed by atoms with E-state index in [0.29, 0.717) is 6.54 Å². The zero-order chi connectivity index (χ0) is 12.0. The average molecular weight is 221 g/mol. The van der Waals surface area contributed by atoms with Gasteiger partial charge in [0.25, 0.3) is 0 Å².